The third-order valence-corrected chi connectivity index (χ3v) is 5.94. The number of rotatable bonds is 6. The number of hydrogen-bond donors (Lipinski definition) is 0. The van der Waals surface area contributed by atoms with Gasteiger partial charge in [-0.25, -0.2) is 13.8 Å². The van der Waals surface area contributed by atoms with Gasteiger partial charge in [0.1, 0.15) is 28.4 Å². The summed E-state index contributed by atoms with van der Waals surface area (Å²) in [4.78, 5) is 19.1. The van der Waals surface area contributed by atoms with E-state index in [9.17, 15) is 13.6 Å². The van der Waals surface area contributed by atoms with Gasteiger partial charge >= 0.3 is 0 Å². The van der Waals surface area contributed by atoms with Gasteiger partial charge < -0.3 is 14.4 Å². The van der Waals surface area contributed by atoms with E-state index in [1.54, 1.807) is 10.3 Å². The molecule has 0 saturated carbocycles. The molecule has 1 aliphatic rings. The van der Waals surface area contributed by atoms with Gasteiger partial charge in [0.15, 0.2) is 11.6 Å². The van der Waals surface area contributed by atoms with Gasteiger partial charge in [-0.2, -0.15) is 0 Å². The van der Waals surface area contributed by atoms with Crippen molar-refractivity contribution in [1.29, 1.82) is 0 Å². The van der Waals surface area contributed by atoms with Crippen LogP contribution in [0.15, 0.2) is 47.8 Å². The van der Waals surface area contributed by atoms with E-state index in [1.165, 1.54) is 23.5 Å². The maximum Gasteiger partial charge on any atom is 0.273 e. The summed E-state index contributed by atoms with van der Waals surface area (Å²) in [5.74, 6) is -0.656. The Morgan fingerprint density at radius 1 is 1.16 bits per heavy atom. The molecule has 1 amide bonds. The first-order valence-corrected chi connectivity index (χ1v) is 11.0. The summed E-state index contributed by atoms with van der Waals surface area (Å²) < 4.78 is 37.9. The van der Waals surface area contributed by atoms with E-state index in [2.05, 4.69) is 4.98 Å². The number of halogens is 2. The Morgan fingerprint density at radius 3 is 2.58 bits per heavy atom. The standard InChI is InChI=1S/C23H22F2N2O3S/c1-2-29-17-6-3-15(4-7-17)22-26-20(14-31-22)23(28)27-11-9-18(10-12-27)30-21-8-5-16(24)13-19(21)25/h3-8,13-14,18H,2,9-12H2,1H3. The Hall–Kier alpha value is -3.00. The highest BCUT2D eigenvalue weighted by Crippen LogP contribution is 2.27. The van der Waals surface area contributed by atoms with Gasteiger partial charge in [-0.3, -0.25) is 4.79 Å². The molecular weight excluding hydrogens is 422 g/mol. The lowest BCUT2D eigenvalue weighted by Gasteiger charge is -2.31. The van der Waals surface area contributed by atoms with Crippen LogP contribution in [0.4, 0.5) is 8.78 Å². The van der Waals surface area contributed by atoms with Crippen molar-refractivity contribution in [2.75, 3.05) is 19.7 Å². The minimum absolute atomic E-state index is 0.0330. The Kier molecular flexibility index (Phi) is 6.46. The second kappa shape index (κ2) is 9.43. The van der Waals surface area contributed by atoms with Crippen molar-refractivity contribution >= 4 is 17.2 Å². The zero-order chi connectivity index (χ0) is 21.8. The first kappa shape index (κ1) is 21.2. The monoisotopic (exact) mass is 444 g/mol. The average Bonchev–Trinajstić information content (AvgIpc) is 3.27. The highest BCUT2D eigenvalue weighted by Gasteiger charge is 2.26. The van der Waals surface area contributed by atoms with Crippen molar-refractivity contribution in [3.8, 4) is 22.1 Å². The van der Waals surface area contributed by atoms with Gasteiger partial charge in [0.25, 0.3) is 5.91 Å². The zero-order valence-electron chi connectivity index (χ0n) is 17.0. The van der Waals surface area contributed by atoms with Gasteiger partial charge in [0, 0.05) is 42.9 Å². The summed E-state index contributed by atoms with van der Waals surface area (Å²) in [5, 5.41) is 2.54. The topological polar surface area (TPSA) is 51.7 Å². The maximum absolute atomic E-state index is 13.8. The van der Waals surface area contributed by atoms with Gasteiger partial charge in [0.05, 0.1) is 6.61 Å². The van der Waals surface area contributed by atoms with Crippen molar-refractivity contribution in [2.45, 2.75) is 25.9 Å². The normalized spacial score (nSPS) is 14.5. The molecule has 0 atom stereocenters. The van der Waals surface area contributed by atoms with Crippen LogP contribution in [0.5, 0.6) is 11.5 Å². The van der Waals surface area contributed by atoms with Crippen LogP contribution in [-0.2, 0) is 0 Å². The number of amides is 1. The van der Waals surface area contributed by atoms with Crippen molar-refractivity contribution < 1.29 is 23.0 Å². The van der Waals surface area contributed by atoms with Crippen LogP contribution in [0.1, 0.15) is 30.3 Å². The Balaban J connectivity index is 1.34. The van der Waals surface area contributed by atoms with Gasteiger partial charge in [-0.1, -0.05) is 0 Å². The lowest BCUT2D eigenvalue weighted by molar-refractivity contribution is 0.0583. The van der Waals surface area contributed by atoms with Crippen molar-refractivity contribution in [3.63, 3.8) is 0 Å². The molecule has 1 saturated heterocycles. The number of hydrogen-bond acceptors (Lipinski definition) is 5. The summed E-state index contributed by atoms with van der Waals surface area (Å²) >= 11 is 1.42. The van der Waals surface area contributed by atoms with Crippen LogP contribution in [0.3, 0.4) is 0 Å². The third kappa shape index (κ3) is 5.02. The smallest absolute Gasteiger partial charge is 0.273 e. The molecule has 3 aromatic rings. The Labute approximate surface area is 183 Å². The highest BCUT2D eigenvalue weighted by molar-refractivity contribution is 7.13. The molecule has 0 spiro atoms. The predicted octanol–water partition coefficient (Wildman–Crippen LogP) is 5.17. The fourth-order valence-corrected chi connectivity index (χ4v) is 4.25. The second-order valence-electron chi connectivity index (χ2n) is 7.18. The van der Waals surface area contributed by atoms with Crippen molar-refractivity contribution in [1.82, 2.24) is 9.88 Å². The predicted molar refractivity (Wildman–Crippen MR) is 115 cm³/mol. The summed E-state index contributed by atoms with van der Waals surface area (Å²) in [6.45, 7) is 3.52. The minimum Gasteiger partial charge on any atom is -0.494 e. The summed E-state index contributed by atoms with van der Waals surface area (Å²) in [5.41, 5.74) is 1.35. The van der Waals surface area contributed by atoms with E-state index in [-0.39, 0.29) is 17.8 Å². The molecule has 0 aliphatic carbocycles. The van der Waals surface area contributed by atoms with Gasteiger partial charge in [-0.05, 0) is 43.3 Å². The molecule has 2 aromatic carbocycles. The SMILES string of the molecule is CCOc1ccc(-c2nc(C(=O)N3CCC(Oc4ccc(F)cc4F)CC3)cs2)cc1. The van der Waals surface area contributed by atoms with Crippen molar-refractivity contribution in [2.24, 2.45) is 0 Å². The number of benzene rings is 2. The number of thiazole rings is 1. The molecule has 31 heavy (non-hydrogen) atoms. The van der Waals surface area contributed by atoms with Gasteiger partial charge in [-0.15, -0.1) is 11.3 Å². The molecule has 2 heterocycles. The molecule has 1 aliphatic heterocycles. The molecule has 0 radical (unpaired) electrons. The number of carbonyl (C=O) groups excluding carboxylic acids is 1. The molecule has 1 fully saturated rings. The fraction of sp³-hybridized carbons (Fsp3) is 0.304. The Bertz CT molecular complexity index is 1050. The minimum atomic E-state index is -0.720. The molecule has 1 aromatic heterocycles. The van der Waals surface area contributed by atoms with E-state index >= 15 is 0 Å². The van der Waals surface area contributed by atoms with Crippen LogP contribution in [0.2, 0.25) is 0 Å². The number of nitrogens with zero attached hydrogens (tertiary/aromatic N) is 2. The van der Waals surface area contributed by atoms with Crippen LogP contribution in [0.25, 0.3) is 10.6 Å². The molecule has 162 valence electrons. The van der Waals surface area contributed by atoms with Crippen LogP contribution in [-0.4, -0.2) is 41.6 Å². The average molecular weight is 445 g/mol. The molecule has 5 nitrogen and oxygen atoms in total. The molecule has 4 rings (SSSR count). The number of likely N-dealkylation sites (tertiary alicyclic amines) is 1. The molecule has 0 unspecified atom stereocenters. The Morgan fingerprint density at radius 2 is 1.90 bits per heavy atom. The van der Waals surface area contributed by atoms with E-state index in [0.29, 0.717) is 38.2 Å². The first-order chi connectivity index (χ1) is 15.0. The van der Waals surface area contributed by atoms with Crippen molar-refractivity contribution in [3.05, 3.63) is 65.2 Å². The lowest BCUT2D eigenvalue weighted by atomic mass is 10.1. The van der Waals surface area contributed by atoms with E-state index in [1.807, 2.05) is 31.2 Å². The lowest BCUT2D eigenvalue weighted by Crippen LogP contribution is -2.42. The largest absolute Gasteiger partial charge is 0.494 e. The fourth-order valence-electron chi connectivity index (χ4n) is 3.45. The number of ether oxygens (including phenoxy) is 2. The molecular formula is C23H22F2N2O3S. The van der Waals surface area contributed by atoms with E-state index in [0.717, 1.165) is 22.4 Å². The summed E-state index contributed by atoms with van der Waals surface area (Å²) in [7, 11) is 0. The second-order valence-corrected chi connectivity index (χ2v) is 8.04. The van der Waals surface area contributed by atoms with Crippen LogP contribution in [0, 0.1) is 11.6 Å². The number of aromatic nitrogens is 1. The highest BCUT2D eigenvalue weighted by atomic mass is 32.1. The third-order valence-electron chi connectivity index (χ3n) is 5.05. The van der Waals surface area contributed by atoms with Crippen LogP contribution >= 0.6 is 11.3 Å². The molecule has 0 N–H and O–H groups in total. The maximum atomic E-state index is 13.8. The molecule has 0 bridgehead atoms. The van der Waals surface area contributed by atoms with E-state index in [4.69, 9.17) is 9.47 Å². The quantitative estimate of drug-likeness (QED) is 0.526. The number of piperidine rings is 1. The summed E-state index contributed by atoms with van der Waals surface area (Å²) in [6, 6.07) is 10.9. The first-order valence-electron chi connectivity index (χ1n) is 10.1. The number of carbonyl (C=O) groups is 1. The zero-order valence-corrected chi connectivity index (χ0v) is 17.8. The summed E-state index contributed by atoms with van der Waals surface area (Å²) in [6.07, 6.45) is 0.913. The van der Waals surface area contributed by atoms with E-state index < -0.39 is 11.6 Å². The van der Waals surface area contributed by atoms with Crippen LogP contribution < -0.4 is 9.47 Å². The molecule has 8 heteroatoms. The van der Waals surface area contributed by atoms with Gasteiger partial charge in [0.2, 0.25) is 0 Å².